The molecule has 4 heteroatoms. The lowest BCUT2D eigenvalue weighted by Gasteiger charge is -2.07. The molecule has 19 heavy (non-hydrogen) atoms. The van der Waals surface area contributed by atoms with Gasteiger partial charge in [0.1, 0.15) is 6.07 Å². The van der Waals surface area contributed by atoms with Gasteiger partial charge in [-0.05, 0) is 42.3 Å². The first kappa shape index (κ1) is 13.3. The summed E-state index contributed by atoms with van der Waals surface area (Å²) in [4.78, 5) is 0. The maximum absolute atomic E-state index is 8.79. The van der Waals surface area contributed by atoms with Crippen LogP contribution < -0.4 is 11.1 Å². The Balaban J connectivity index is 1.91. The SMILES string of the molecule is N#Cc1ccc(NCCc2ccc(N)cc2)cc1Cl. The number of hydrogen-bond acceptors (Lipinski definition) is 3. The van der Waals surface area contributed by atoms with Crippen molar-refractivity contribution in [2.75, 3.05) is 17.6 Å². The fourth-order valence-electron chi connectivity index (χ4n) is 1.75. The molecule has 0 spiro atoms. The van der Waals surface area contributed by atoms with Gasteiger partial charge >= 0.3 is 0 Å². The standard InChI is InChI=1S/C15H14ClN3/c16-15-9-14(6-3-12(15)10-17)19-8-7-11-1-4-13(18)5-2-11/h1-6,9,19H,7-8,18H2. The molecule has 2 aromatic carbocycles. The van der Waals surface area contributed by atoms with Crippen LogP contribution in [0.2, 0.25) is 5.02 Å². The molecular weight excluding hydrogens is 258 g/mol. The number of nitriles is 1. The zero-order valence-corrected chi connectivity index (χ0v) is 11.1. The number of nitrogens with zero attached hydrogens (tertiary/aromatic N) is 1. The Morgan fingerprint density at radius 1 is 1.16 bits per heavy atom. The second kappa shape index (κ2) is 6.12. The molecule has 0 fully saturated rings. The molecule has 3 N–H and O–H groups in total. The largest absolute Gasteiger partial charge is 0.399 e. The summed E-state index contributed by atoms with van der Waals surface area (Å²) in [5.74, 6) is 0. The summed E-state index contributed by atoms with van der Waals surface area (Å²) in [5.41, 5.74) is 9.04. The van der Waals surface area contributed by atoms with Crippen molar-refractivity contribution >= 4 is 23.0 Å². The second-order valence-electron chi connectivity index (χ2n) is 4.22. The fourth-order valence-corrected chi connectivity index (χ4v) is 1.97. The smallest absolute Gasteiger partial charge is 0.101 e. The molecule has 0 saturated heterocycles. The highest BCUT2D eigenvalue weighted by Crippen LogP contribution is 2.20. The highest BCUT2D eigenvalue weighted by molar-refractivity contribution is 6.32. The summed E-state index contributed by atoms with van der Waals surface area (Å²) < 4.78 is 0. The van der Waals surface area contributed by atoms with Gasteiger partial charge in [-0.1, -0.05) is 23.7 Å². The van der Waals surface area contributed by atoms with Gasteiger partial charge in [-0.15, -0.1) is 0 Å². The minimum Gasteiger partial charge on any atom is -0.399 e. The van der Waals surface area contributed by atoms with Gasteiger partial charge in [0.25, 0.3) is 0 Å². The molecule has 0 amide bonds. The normalized spacial score (nSPS) is 9.89. The predicted octanol–water partition coefficient (Wildman–Crippen LogP) is 3.45. The van der Waals surface area contributed by atoms with Gasteiger partial charge in [-0.2, -0.15) is 5.26 Å². The number of nitrogens with two attached hydrogens (primary N) is 1. The second-order valence-corrected chi connectivity index (χ2v) is 4.63. The van der Waals surface area contributed by atoms with Crippen LogP contribution in [0.25, 0.3) is 0 Å². The van der Waals surface area contributed by atoms with Crippen molar-refractivity contribution < 1.29 is 0 Å². The molecule has 0 aliphatic heterocycles. The number of anilines is 2. The molecule has 0 aliphatic rings. The molecule has 0 atom stereocenters. The van der Waals surface area contributed by atoms with Crippen LogP contribution in [0.15, 0.2) is 42.5 Å². The Morgan fingerprint density at radius 3 is 2.53 bits per heavy atom. The summed E-state index contributed by atoms with van der Waals surface area (Å²) in [5, 5.41) is 12.5. The van der Waals surface area contributed by atoms with Crippen molar-refractivity contribution in [2.24, 2.45) is 0 Å². The van der Waals surface area contributed by atoms with Crippen molar-refractivity contribution in [3.05, 3.63) is 58.6 Å². The lowest BCUT2D eigenvalue weighted by atomic mass is 10.1. The van der Waals surface area contributed by atoms with Crippen molar-refractivity contribution in [1.29, 1.82) is 5.26 Å². The summed E-state index contributed by atoms with van der Waals surface area (Å²) in [6.07, 6.45) is 0.901. The summed E-state index contributed by atoms with van der Waals surface area (Å²) in [6.45, 7) is 0.798. The third-order valence-electron chi connectivity index (χ3n) is 2.81. The first-order valence-electron chi connectivity index (χ1n) is 5.97. The maximum atomic E-state index is 8.79. The Labute approximate surface area is 117 Å². The van der Waals surface area contributed by atoms with E-state index >= 15 is 0 Å². The fraction of sp³-hybridized carbons (Fsp3) is 0.133. The van der Waals surface area contributed by atoms with E-state index in [1.165, 1.54) is 5.56 Å². The number of hydrogen-bond donors (Lipinski definition) is 2. The van der Waals surface area contributed by atoms with Crippen LogP contribution >= 0.6 is 11.6 Å². The van der Waals surface area contributed by atoms with E-state index in [1.54, 1.807) is 12.1 Å². The van der Waals surface area contributed by atoms with Crippen LogP contribution in [-0.4, -0.2) is 6.54 Å². The molecule has 0 bridgehead atoms. The molecule has 0 aromatic heterocycles. The lowest BCUT2D eigenvalue weighted by Crippen LogP contribution is -2.05. The van der Waals surface area contributed by atoms with E-state index in [1.807, 2.05) is 36.4 Å². The Kier molecular flexibility index (Phi) is 4.27. The number of rotatable bonds is 4. The summed E-state index contributed by atoms with van der Waals surface area (Å²) in [6, 6.07) is 15.2. The van der Waals surface area contributed by atoms with Crippen LogP contribution in [-0.2, 0) is 6.42 Å². The van der Waals surface area contributed by atoms with Crippen molar-refractivity contribution in [1.82, 2.24) is 0 Å². The first-order chi connectivity index (χ1) is 9.19. The highest BCUT2D eigenvalue weighted by atomic mass is 35.5. The van der Waals surface area contributed by atoms with Crippen molar-refractivity contribution in [3.8, 4) is 6.07 Å². The van der Waals surface area contributed by atoms with E-state index in [0.717, 1.165) is 24.3 Å². The average molecular weight is 272 g/mol. The maximum Gasteiger partial charge on any atom is 0.101 e. The van der Waals surface area contributed by atoms with Gasteiger partial charge < -0.3 is 11.1 Å². The summed E-state index contributed by atoms with van der Waals surface area (Å²) >= 11 is 5.97. The van der Waals surface area contributed by atoms with Crippen molar-refractivity contribution in [2.45, 2.75) is 6.42 Å². The van der Waals surface area contributed by atoms with Gasteiger partial charge in [0.2, 0.25) is 0 Å². The van der Waals surface area contributed by atoms with Crippen LogP contribution in [0.4, 0.5) is 11.4 Å². The molecule has 0 radical (unpaired) electrons. The quantitative estimate of drug-likeness (QED) is 0.837. The van der Waals surface area contributed by atoms with E-state index in [9.17, 15) is 0 Å². The molecular formula is C15H14ClN3. The molecule has 2 rings (SSSR count). The van der Waals surface area contributed by atoms with Crippen LogP contribution in [0.1, 0.15) is 11.1 Å². The molecule has 0 heterocycles. The van der Waals surface area contributed by atoms with Crippen LogP contribution in [0.5, 0.6) is 0 Å². The Bertz CT molecular complexity index is 600. The lowest BCUT2D eigenvalue weighted by molar-refractivity contribution is 1.02. The van der Waals surface area contributed by atoms with E-state index in [-0.39, 0.29) is 0 Å². The Hall–Kier alpha value is -2.18. The van der Waals surface area contributed by atoms with Crippen LogP contribution in [0, 0.1) is 11.3 Å². The number of nitrogens with one attached hydrogen (secondary N) is 1. The number of halogens is 1. The number of nitrogen functional groups attached to an aromatic ring is 1. The van der Waals surface area contributed by atoms with Crippen molar-refractivity contribution in [3.63, 3.8) is 0 Å². The monoisotopic (exact) mass is 271 g/mol. The van der Waals surface area contributed by atoms with Gasteiger partial charge in [-0.3, -0.25) is 0 Å². The predicted molar refractivity (Wildman–Crippen MR) is 79.2 cm³/mol. The first-order valence-corrected chi connectivity index (χ1v) is 6.35. The minimum atomic E-state index is 0.472. The topological polar surface area (TPSA) is 61.8 Å². The molecule has 3 nitrogen and oxygen atoms in total. The van der Waals surface area contributed by atoms with E-state index in [4.69, 9.17) is 22.6 Å². The van der Waals surface area contributed by atoms with E-state index < -0.39 is 0 Å². The van der Waals surface area contributed by atoms with Gasteiger partial charge in [0.15, 0.2) is 0 Å². The van der Waals surface area contributed by atoms with Gasteiger partial charge in [-0.25, -0.2) is 0 Å². The van der Waals surface area contributed by atoms with E-state index in [2.05, 4.69) is 5.32 Å². The molecule has 2 aromatic rings. The highest BCUT2D eigenvalue weighted by Gasteiger charge is 2.00. The Morgan fingerprint density at radius 2 is 1.89 bits per heavy atom. The van der Waals surface area contributed by atoms with Crippen LogP contribution in [0.3, 0.4) is 0 Å². The van der Waals surface area contributed by atoms with Gasteiger partial charge in [0.05, 0.1) is 10.6 Å². The summed E-state index contributed by atoms with van der Waals surface area (Å²) in [7, 11) is 0. The third kappa shape index (κ3) is 3.64. The van der Waals surface area contributed by atoms with E-state index in [0.29, 0.717) is 10.6 Å². The third-order valence-corrected chi connectivity index (χ3v) is 3.12. The molecule has 0 unspecified atom stereocenters. The number of benzene rings is 2. The average Bonchev–Trinajstić information content (AvgIpc) is 2.41. The van der Waals surface area contributed by atoms with Gasteiger partial charge in [0, 0.05) is 17.9 Å². The zero-order chi connectivity index (χ0) is 13.7. The molecule has 0 saturated carbocycles. The molecule has 0 aliphatic carbocycles. The zero-order valence-electron chi connectivity index (χ0n) is 10.4. The minimum absolute atomic E-state index is 0.472. The molecule has 96 valence electrons.